The van der Waals surface area contributed by atoms with Crippen LogP contribution < -0.4 is 5.32 Å². The van der Waals surface area contributed by atoms with Crippen LogP contribution in [-0.2, 0) is 20.7 Å². The molecule has 186 valence electrons. The lowest BCUT2D eigenvalue weighted by Crippen LogP contribution is -2.52. The van der Waals surface area contributed by atoms with Gasteiger partial charge in [0, 0.05) is 37.1 Å². The second kappa shape index (κ2) is 10.0. The number of ether oxygens (including phenoxy) is 2. The van der Waals surface area contributed by atoms with Crippen LogP contribution in [0.15, 0.2) is 30.6 Å². The molecule has 9 nitrogen and oxygen atoms in total. The summed E-state index contributed by atoms with van der Waals surface area (Å²) >= 11 is 0. The molecule has 35 heavy (non-hydrogen) atoms. The predicted octanol–water partition coefficient (Wildman–Crippen LogP) is 3.57. The van der Waals surface area contributed by atoms with Crippen LogP contribution in [0.5, 0.6) is 0 Å². The van der Waals surface area contributed by atoms with Crippen LogP contribution in [0.1, 0.15) is 44.9 Å². The number of hydrogen-bond acceptors (Lipinski definition) is 8. The van der Waals surface area contributed by atoms with Gasteiger partial charge >= 0.3 is 12.1 Å². The van der Waals surface area contributed by atoms with Gasteiger partial charge in [0.25, 0.3) is 0 Å². The third-order valence-electron chi connectivity index (χ3n) is 6.34. The molecule has 2 fully saturated rings. The summed E-state index contributed by atoms with van der Waals surface area (Å²) in [6.45, 7) is 6.98. The highest BCUT2D eigenvalue weighted by Gasteiger charge is 2.35. The smallest absolute Gasteiger partial charge is 0.410 e. The van der Waals surface area contributed by atoms with Gasteiger partial charge in [-0.15, -0.1) is 0 Å². The van der Waals surface area contributed by atoms with Gasteiger partial charge in [-0.3, -0.25) is 9.78 Å². The van der Waals surface area contributed by atoms with Crippen molar-refractivity contribution in [1.82, 2.24) is 20.2 Å². The van der Waals surface area contributed by atoms with Gasteiger partial charge in [-0.25, -0.2) is 9.78 Å². The molecule has 1 aromatic heterocycles. The lowest BCUT2D eigenvalue weighted by Gasteiger charge is -2.39. The molecule has 1 saturated heterocycles. The molecule has 2 N–H and O–H groups in total. The molecule has 0 spiro atoms. The predicted molar refractivity (Wildman–Crippen MR) is 133 cm³/mol. The standard InChI is InChI=1S/C26H33N5O4/c1-26(2,3)35-25(33)31-14-17(15-31)7-16-5-6-21-22(8-16)30-23(13-29-21)19(11-27)12-28-20-9-18(10-20)24(32)34-4/h5-6,8,11-13,17-18,20,27-28H,7,9-10,14-15H2,1-4H3/b19-12+,27-11?. The maximum Gasteiger partial charge on any atom is 0.410 e. The number of hydrogen-bond donors (Lipinski definition) is 2. The fourth-order valence-corrected chi connectivity index (χ4v) is 4.34. The molecule has 9 heteroatoms. The Morgan fingerprint density at radius 1 is 1.23 bits per heavy atom. The van der Waals surface area contributed by atoms with Crippen LogP contribution in [0.2, 0.25) is 0 Å². The summed E-state index contributed by atoms with van der Waals surface area (Å²) in [6.07, 6.45) is 6.71. The Bertz CT molecular complexity index is 1140. The number of amides is 1. The monoisotopic (exact) mass is 479 g/mol. The Morgan fingerprint density at radius 3 is 2.63 bits per heavy atom. The number of nitrogens with one attached hydrogen (secondary N) is 2. The quantitative estimate of drug-likeness (QED) is 0.460. The fourth-order valence-electron chi connectivity index (χ4n) is 4.34. The van der Waals surface area contributed by atoms with Crippen molar-refractivity contribution in [3.63, 3.8) is 0 Å². The van der Waals surface area contributed by atoms with Gasteiger partial charge in [0.05, 0.1) is 36.0 Å². The summed E-state index contributed by atoms with van der Waals surface area (Å²) in [6, 6.07) is 6.22. The third kappa shape index (κ3) is 5.96. The number of aromatic nitrogens is 2. The molecule has 0 unspecified atom stereocenters. The molecule has 2 aromatic rings. The van der Waals surface area contributed by atoms with Crippen LogP contribution in [0, 0.1) is 17.2 Å². The number of fused-ring (bicyclic) bond motifs is 1. The van der Waals surface area contributed by atoms with E-state index >= 15 is 0 Å². The van der Waals surface area contributed by atoms with E-state index < -0.39 is 5.60 Å². The molecular weight excluding hydrogens is 446 g/mol. The number of likely N-dealkylation sites (tertiary alicyclic amines) is 1. The molecule has 1 aliphatic heterocycles. The number of allylic oxidation sites excluding steroid dienone is 1. The second-order valence-electron chi connectivity index (χ2n) is 10.3. The van der Waals surface area contributed by atoms with Crippen LogP contribution in [0.25, 0.3) is 16.6 Å². The van der Waals surface area contributed by atoms with Gasteiger partial charge in [-0.05, 0) is 63.6 Å². The van der Waals surface area contributed by atoms with E-state index in [-0.39, 0.29) is 24.0 Å². The number of rotatable bonds is 7. The average Bonchev–Trinajstić information content (AvgIpc) is 2.75. The van der Waals surface area contributed by atoms with Crippen molar-refractivity contribution < 1.29 is 19.1 Å². The van der Waals surface area contributed by atoms with Crippen molar-refractivity contribution >= 4 is 34.9 Å². The minimum absolute atomic E-state index is 0.0555. The molecule has 1 amide bonds. The van der Waals surface area contributed by atoms with E-state index in [2.05, 4.69) is 16.4 Å². The first-order valence-corrected chi connectivity index (χ1v) is 11.9. The Kier molecular flexibility index (Phi) is 7.05. The van der Waals surface area contributed by atoms with Crippen LogP contribution >= 0.6 is 0 Å². The van der Waals surface area contributed by atoms with Crippen molar-refractivity contribution in [2.75, 3.05) is 20.2 Å². The van der Waals surface area contributed by atoms with Crippen molar-refractivity contribution in [3.8, 4) is 0 Å². The summed E-state index contributed by atoms with van der Waals surface area (Å²) in [4.78, 5) is 34.7. The van der Waals surface area contributed by atoms with E-state index in [1.807, 2.05) is 32.9 Å². The molecule has 4 rings (SSSR count). The Hall–Kier alpha value is -3.49. The largest absolute Gasteiger partial charge is 0.469 e. The number of benzene rings is 1. The van der Waals surface area contributed by atoms with Crippen molar-refractivity contribution in [2.24, 2.45) is 11.8 Å². The minimum Gasteiger partial charge on any atom is -0.469 e. The van der Waals surface area contributed by atoms with Gasteiger partial charge in [0.1, 0.15) is 5.60 Å². The van der Waals surface area contributed by atoms with Gasteiger partial charge in [0.2, 0.25) is 0 Å². The van der Waals surface area contributed by atoms with Crippen LogP contribution in [-0.4, -0.2) is 65.0 Å². The van der Waals surface area contributed by atoms with Gasteiger partial charge in [-0.1, -0.05) is 6.07 Å². The molecule has 2 aliphatic rings. The maximum absolute atomic E-state index is 12.2. The van der Waals surface area contributed by atoms with Crippen molar-refractivity contribution in [3.05, 3.63) is 41.9 Å². The summed E-state index contributed by atoms with van der Waals surface area (Å²) < 4.78 is 10.2. The van der Waals surface area contributed by atoms with Gasteiger partial charge in [0.15, 0.2) is 0 Å². The average molecular weight is 480 g/mol. The number of esters is 1. The zero-order valence-corrected chi connectivity index (χ0v) is 20.7. The second-order valence-corrected chi connectivity index (χ2v) is 10.3. The zero-order chi connectivity index (χ0) is 25.2. The van der Waals surface area contributed by atoms with E-state index in [1.165, 1.54) is 13.3 Å². The van der Waals surface area contributed by atoms with E-state index in [9.17, 15) is 9.59 Å². The highest BCUT2D eigenvalue weighted by Crippen LogP contribution is 2.29. The van der Waals surface area contributed by atoms with Crippen LogP contribution in [0.3, 0.4) is 0 Å². The normalized spacial score (nSPS) is 20.6. The van der Waals surface area contributed by atoms with E-state index in [0.717, 1.165) is 23.0 Å². The lowest BCUT2D eigenvalue weighted by molar-refractivity contribution is -0.149. The molecule has 0 radical (unpaired) electrons. The number of methoxy groups -OCH3 is 1. The number of carbonyl (C=O) groups is 2. The Morgan fingerprint density at radius 2 is 1.97 bits per heavy atom. The molecule has 1 saturated carbocycles. The maximum atomic E-state index is 12.2. The molecular formula is C26H33N5O4. The highest BCUT2D eigenvalue weighted by molar-refractivity contribution is 6.07. The minimum atomic E-state index is -0.487. The van der Waals surface area contributed by atoms with E-state index in [4.69, 9.17) is 19.9 Å². The van der Waals surface area contributed by atoms with Gasteiger partial charge < -0.3 is 25.1 Å². The fraction of sp³-hybridized carbons (Fsp3) is 0.500. The topological polar surface area (TPSA) is 118 Å². The van der Waals surface area contributed by atoms with E-state index in [0.29, 0.717) is 43.1 Å². The summed E-state index contributed by atoms with van der Waals surface area (Å²) in [7, 11) is 1.41. The molecule has 0 atom stereocenters. The molecule has 1 aromatic carbocycles. The molecule has 0 bridgehead atoms. The SMILES string of the molecule is COC(=O)C1CC(N/C=C(\C=N)c2cnc3ccc(CC4CN(C(=O)OC(C)(C)C)C4)cc3n2)C1. The summed E-state index contributed by atoms with van der Waals surface area (Å²) in [5.41, 5.74) is 3.45. The summed E-state index contributed by atoms with van der Waals surface area (Å²) in [5, 5.41) is 11.1. The van der Waals surface area contributed by atoms with Crippen molar-refractivity contribution in [2.45, 2.75) is 51.7 Å². The number of nitrogens with zero attached hydrogens (tertiary/aromatic N) is 3. The zero-order valence-electron chi connectivity index (χ0n) is 20.7. The first kappa shape index (κ1) is 24.6. The molecule has 1 aliphatic carbocycles. The number of carbonyl (C=O) groups excluding carboxylic acids is 2. The molecule has 2 heterocycles. The van der Waals surface area contributed by atoms with Crippen molar-refractivity contribution in [1.29, 1.82) is 5.41 Å². The Balaban J connectivity index is 1.37. The highest BCUT2D eigenvalue weighted by atomic mass is 16.6. The van der Waals surface area contributed by atoms with Crippen LogP contribution in [0.4, 0.5) is 4.79 Å². The van der Waals surface area contributed by atoms with Gasteiger partial charge in [-0.2, -0.15) is 0 Å². The summed E-state index contributed by atoms with van der Waals surface area (Å²) in [5.74, 6) is 0.156. The lowest BCUT2D eigenvalue weighted by atomic mass is 9.80. The third-order valence-corrected chi connectivity index (χ3v) is 6.34. The first-order valence-electron chi connectivity index (χ1n) is 11.9. The first-order chi connectivity index (χ1) is 16.6. The van der Waals surface area contributed by atoms with E-state index in [1.54, 1.807) is 17.3 Å². The Labute approximate surface area is 205 Å².